The Labute approximate surface area is 177 Å². The molecular weight excluding hydrogens is 412 g/mol. The number of aryl methyl sites for hydroxylation is 1. The molecule has 0 spiro atoms. The van der Waals surface area contributed by atoms with Crippen LogP contribution >= 0.6 is 11.3 Å². The van der Waals surface area contributed by atoms with Crippen LogP contribution in [-0.4, -0.2) is 46.0 Å². The number of rotatable bonds is 6. The molecule has 0 bridgehead atoms. The normalized spacial score (nSPS) is 16.3. The predicted molar refractivity (Wildman–Crippen MR) is 112 cm³/mol. The van der Waals surface area contributed by atoms with Crippen LogP contribution in [0.2, 0.25) is 0 Å². The molecule has 0 radical (unpaired) electrons. The number of nitrogens with one attached hydrogen (secondary N) is 1. The standard InChI is InChI=1S/C21H25F2N3O3S/c1-20(2,18(27)28)8-7-17-24-13-16(30-17)14-3-5-15(6-4-14)25-19(29)26-11-9-21(22,23)10-12-26/h3-6,13H,7-12H2,1-2H3,(H,25,29)(H,27,28). The zero-order valence-corrected chi connectivity index (χ0v) is 17.8. The second kappa shape index (κ2) is 8.67. The Morgan fingerprint density at radius 1 is 1.23 bits per heavy atom. The average molecular weight is 438 g/mol. The third-order valence-corrected chi connectivity index (χ3v) is 6.41. The quantitative estimate of drug-likeness (QED) is 0.657. The van der Waals surface area contributed by atoms with E-state index < -0.39 is 17.3 Å². The van der Waals surface area contributed by atoms with Crippen LogP contribution in [0, 0.1) is 5.41 Å². The molecule has 2 heterocycles. The molecule has 1 aliphatic rings. The van der Waals surface area contributed by atoms with Crippen LogP contribution in [0.1, 0.15) is 38.1 Å². The zero-order valence-electron chi connectivity index (χ0n) is 17.0. The number of likely N-dealkylation sites (tertiary alicyclic amines) is 1. The fourth-order valence-electron chi connectivity index (χ4n) is 3.04. The van der Waals surface area contributed by atoms with E-state index in [0.29, 0.717) is 18.5 Å². The van der Waals surface area contributed by atoms with Gasteiger partial charge in [-0.05, 0) is 38.0 Å². The van der Waals surface area contributed by atoms with Crippen molar-refractivity contribution in [2.45, 2.75) is 45.5 Å². The molecule has 162 valence electrons. The topological polar surface area (TPSA) is 82.5 Å². The van der Waals surface area contributed by atoms with Crippen molar-refractivity contribution >= 4 is 29.0 Å². The Bertz CT molecular complexity index is 902. The number of hydrogen-bond donors (Lipinski definition) is 2. The highest BCUT2D eigenvalue weighted by Crippen LogP contribution is 2.31. The van der Waals surface area contributed by atoms with Crippen molar-refractivity contribution in [3.63, 3.8) is 0 Å². The molecule has 0 unspecified atom stereocenters. The van der Waals surface area contributed by atoms with Crippen molar-refractivity contribution in [1.82, 2.24) is 9.88 Å². The second-order valence-corrected chi connectivity index (χ2v) is 9.27. The van der Waals surface area contributed by atoms with Crippen molar-refractivity contribution in [2.24, 2.45) is 5.41 Å². The van der Waals surface area contributed by atoms with E-state index >= 15 is 0 Å². The molecule has 3 rings (SSSR count). The summed E-state index contributed by atoms with van der Waals surface area (Å²) in [5.74, 6) is -3.51. The summed E-state index contributed by atoms with van der Waals surface area (Å²) in [4.78, 5) is 30.2. The number of carboxylic acid groups (broad SMARTS) is 1. The van der Waals surface area contributed by atoms with Gasteiger partial charge < -0.3 is 15.3 Å². The summed E-state index contributed by atoms with van der Waals surface area (Å²) in [6.45, 7) is 3.48. The molecule has 1 fully saturated rings. The first kappa shape index (κ1) is 22.1. The number of benzene rings is 1. The van der Waals surface area contributed by atoms with Gasteiger partial charge in [-0.1, -0.05) is 12.1 Å². The number of carbonyl (C=O) groups is 2. The van der Waals surface area contributed by atoms with E-state index in [1.54, 1.807) is 32.2 Å². The molecule has 2 N–H and O–H groups in total. The molecule has 0 saturated carbocycles. The summed E-state index contributed by atoms with van der Waals surface area (Å²) in [5, 5.41) is 12.8. The molecule has 30 heavy (non-hydrogen) atoms. The van der Waals surface area contributed by atoms with Crippen molar-refractivity contribution in [1.29, 1.82) is 0 Å². The molecule has 1 saturated heterocycles. The van der Waals surface area contributed by atoms with Gasteiger partial charge in [-0.2, -0.15) is 0 Å². The van der Waals surface area contributed by atoms with E-state index in [1.807, 2.05) is 12.1 Å². The van der Waals surface area contributed by atoms with E-state index in [-0.39, 0.29) is 32.0 Å². The number of urea groups is 1. The highest BCUT2D eigenvalue weighted by Gasteiger charge is 2.35. The Morgan fingerprint density at radius 2 is 1.87 bits per heavy atom. The minimum absolute atomic E-state index is 0.0409. The van der Waals surface area contributed by atoms with Crippen molar-refractivity contribution in [3.8, 4) is 10.4 Å². The summed E-state index contributed by atoms with van der Waals surface area (Å²) in [6.07, 6.45) is 2.23. The van der Waals surface area contributed by atoms with Gasteiger partial charge >= 0.3 is 12.0 Å². The lowest BCUT2D eigenvalue weighted by molar-refractivity contribution is -0.147. The number of piperidine rings is 1. The van der Waals surface area contributed by atoms with Crippen LogP contribution in [-0.2, 0) is 11.2 Å². The summed E-state index contributed by atoms with van der Waals surface area (Å²) in [5.41, 5.74) is 0.733. The first-order valence-corrected chi connectivity index (χ1v) is 10.6. The van der Waals surface area contributed by atoms with Gasteiger partial charge in [0.1, 0.15) is 0 Å². The van der Waals surface area contributed by atoms with Gasteiger partial charge in [0.25, 0.3) is 5.92 Å². The van der Waals surface area contributed by atoms with Crippen molar-refractivity contribution < 1.29 is 23.5 Å². The molecule has 6 nitrogen and oxygen atoms in total. The van der Waals surface area contributed by atoms with E-state index in [9.17, 15) is 23.5 Å². The maximum absolute atomic E-state index is 13.2. The number of thiazole rings is 1. The van der Waals surface area contributed by atoms with Gasteiger partial charge in [0, 0.05) is 44.2 Å². The van der Waals surface area contributed by atoms with Crippen LogP contribution in [0.5, 0.6) is 0 Å². The number of nitrogens with zero attached hydrogens (tertiary/aromatic N) is 2. The lowest BCUT2D eigenvalue weighted by atomic mass is 9.88. The van der Waals surface area contributed by atoms with Gasteiger partial charge in [-0.15, -0.1) is 11.3 Å². The molecule has 1 aromatic carbocycles. The third-order valence-electron chi connectivity index (χ3n) is 5.30. The van der Waals surface area contributed by atoms with Gasteiger partial charge in [0.05, 0.1) is 15.3 Å². The van der Waals surface area contributed by atoms with E-state index in [4.69, 9.17) is 0 Å². The summed E-state index contributed by atoms with van der Waals surface area (Å²) >= 11 is 1.51. The number of alkyl halides is 2. The number of carbonyl (C=O) groups excluding carboxylic acids is 1. The fraction of sp³-hybridized carbons (Fsp3) is 0.476. The number of carboxylic acids is 1. The highest BCUT2D eigenvalue weighted by atomic mass is 32.1. The number of halogens is 2. The van der Waals surface area contributed by atoms with E-state index in [1.165, 1.54) is 16.2 Å². The van der Waals surface area contributed by atoms with E-state index in [2.05, 4.69) is 10.3 Å². The minimum Gasteiger partial charge on any atom is -0.481 e. The highest BCUT2D eigenvalue weighted by molar-refractivity contribution is 7.15. The Morgan fingerprint density at radius 3 is 2.47 bits per heavy atom. The molecule has 2 amide bonds. The molecule has 9 heteroatoms. The van der Waals surface area contributed by atoms with Crippen LogP contribution in [0.25, 0.3) is 10.4 Å². The van der Waals surface area contributed by atoms with Crippen molar-refractivity contribution in [2.75, 3.05) is 18.4 Å². The molecule has 2 aromatic rings. The number of aromatic nitrogens is 1. The largest absolute Gasteiger partial charge is 0.481 e. The molecule has 1 aromatic heterocycles. The summed E-state index contributed by atoms with van der Waals surface area (Å²) in [7, 11) is 0. The molecule has 0 aliphatic carbocycles. The van der Waals surface area contributed by atoms with Crippen LogP contribution < -0.4 is 5.32 Å². The first-order chi connectivity index (χ1) is 14.1. The Hall–Kier alpha value is -2.55. The monoisotopic (exact) mass is 437 g/mol. The smallest absolute Gasteiger partial charge is 0.321 e. The number of amides is 2. The first-order valence-electron chi connectivity index (χ1n) is 9.78. The second-order valence-electron chi connectivity index (χ2n) is 8.16. The minimum atomic E-state index is -2.69. The number of anilines is 1. The van der Waals surface area contributed by atoms with Crippen LogP contribution in [0.4, 0.5) is 19.3 Å². The van der Waals surface area contributed by atoms with E-state index in [0.717, 1.165) is 15.4 Å². The predicted octanol–water partition coefficient (Wildman–Crippen LogP) is 5.12. The lowest BCUT2D eigenvalue weighted by Gasteiger charge is -2.31. The fourth-order valence-corrected chi connectivity index (χ4v) is 3.97. The van der Waals surface area contributed by atoms with Crippen LogP contribution in [0.15, 0.2) is 30.5 Å². The maximum atomic E-state index is 13.2. The summed E-state index contributed by atoms with van der Waals surface area (Å²) in [6, 6.07) is 6.87. The van der Waals surface area contributed by atoms with Crippen LogP contribution in [0.3, 0.4) is 0 Å². The van der Waals surface area contributed by atoms with Gasteiger partial charge in [0.2, 0.25) is 0 Å². The Balaban J connectivity index is 1.56. The lowest BCUT2D eigenvalue weighted by Crippen LogP contribution is -2.44. The third kappa shape index (κ3) is 5.53. The number of aliphatic carboxylic acids is 1. The molecule has 1 aliphatic heterocycles. The molecule has 0 atom stereocenters. The summed E-state index contributed by atoms with van der Waals surface area (Å²) < 4.78 is 26.5. The Kier molecular flexibility index (Phi) is 6.40. The molecular formula is C21H25F2N3O3S. The maximum Gasteiger partial charge on any atom is 0.321 e. The zero-order chi connectivity index (χ0) is 21.9. The van der Waals surface area contributed by atoms with Gasteiger partial charge in [-0.3, -0.25) is 4.79 Å². The number of hydrogen-bond acceptors (Lipinski definition) is 4. The SMILES string of the molecule is CC(C)(CCc1ncc(-c2ccc(NC(=O)N3CCC(F)(F)CC3)cc2)s1)C(=O)O. The average Bonchev–Trinajstić information content (AvgIpc) is 3.16. The van der Waals surface area contributed by atoms with Gasteiger partial charge in [0.15, 0.2) is 0 Å². The van der Waals surface area contributed by atoms with Crippen molar-refractivity contribution in [3.05, 3.63) is 35.5 Å². The van der Waals surface area contributed by atoms with Gasteiger partial charge in [-0.25, -0.2) is 18.6 Å².